The summed E-state index contributed by atoms with van der Waals surface area (Å²) in [5, 5.41) is 11.9. The number of halogens is 1. The second kappa shape index (κ2) is 11.9. The lowest BCUT2D eigenvalue weighted by molar-refractivity contribution is -0.368. The van der Waals surface area contributed by atoms with Gasteiger partial charge in [0, 0.05) is 0 Å². The normalized spacial score (nSPS) is 13.0. The summed E-state index contributed by atoms with van der Waals surface area (Å²) in [5.74, 6) is -1.00. The number of carboxylic acid groups (broad SMARTS) is 1. The first-order valence-corrected chi connectivity index (χ1v) is 8.76. The largest absolute Gasteiger partial charge is 1.00 e. The van der Waals surface area contributed by atoms with E-state index in [4.69, 9.17) is 0 Å². The van der Waals surface area contributed by atoms with E-state index in [2.05, 4.69) is 24.9 Å². The van der Waals surface area contributed by atoms with Crippen molar-refractivity contribution in [2.45, 2.75) is 58.4 Å². The van der Waals surface area contributed by atoms with Gasteiger partial charge in [0.1, 0.15) is 6.04 Å². The molecule has 1 aromatic carbocycles. The Morgan fingerprint density at radius 2 is 1.72 bits per heavy atom. The van der Waals surface area contributed by atoms with Crippen LogP contribution in [-0.2, 0) is 16.0 Å². The summed E-state index contributed by atoms with van der Waals surface area (Å²) in [4.78, 5) is 23.7. The summed E-state index contributed by atoms with van der Waals surface area (Å²) in [7, 11) is 0. The smallest absolute Gasteiger partial charge is 0.326 e. The number of benzene rings is 1. The van der Waals surface area contributed by atoms with E-state index in [1.54, 1.807) is 0 Å². The quantitative estimate of drug-likeness (QED) is 0.460. The molecule has 0 fully saturated rings. The van der Waals surface area contributed by atoms with Gasteiger partial charge < -0.3 is 28.6 Å². The zero-order valence-corrected chi connectivity index (χ0v) is 16.2. The molecule has 0 radical (unpaired) electrons. The van der Waals surface area contributed by atoms with Crippen LogP contribution in [0.2, 0.25) is 0 Å². The Balaban J connectivity index is 0.00000576. The van der Waals surface area contributed by atoms with Crippen LogP contribution in [-0.4, -0.2) is 29.6 Å². The molecule has 0 bridgehead atoms. The molecule has 1 rings (SSSR count). The first-order valence-electron chi connectivity index (χ1n) is 8.76. The second-order valence-electron chi connectivity index (χ2n) is 6.81. The van der Waals surface area contributed by atoms with Gasteiger partial charge in [0.15, 0.2) is 0 Å². The maximum absolute atomic E-state index is 12.4. The Hall–Kier alpha value is -1.59. The van der Waals surface area contributed by atoms with Crippen LogP contribution in [0.3, 0.4) is 0 Å². The SMILES string of the molecule is CC(C)Cc1ccc([C@@H](C)C(=O)NC(CCCC[NH3+])C(=O)O)cc1.[Cl-]. The predicted octanol–water partition coefficient (Wildman–Crippen LogP) is -1.03. The molecule has 2 atom stereocenters. The van der Waals surface area contributed by atoms with Crippen molar-refractivity contribution < 1.29 is 32.8 Å². The number of carbonyl (C=O) groups is 2. The minimum atomic E-state index is -0.980. The summed E-state index contributed by atoms with van der Waals surface area (Å²) in [6.07, 6.45) is 3.07. The molecule has 5 nitrogen and oxygen atoms in total. The van der Waals surface area contributed by atoms with Crippen molar-refractivity contribution in [3.63, 3.8) is 0 Å². The number of rotatable bonds is 10. The van der Waals surface area contributed by atoms with Gasteiger partial charge in [0.05, 0.1) is 12.5 Å². The minimum Gasteiger partial charge on any atom is -1.00 e. The van der Waals surface area contributed by atoms with Gasteiger partial charge in [-0.2, -0.15) is 0 Å². The Morgan fingerprint density at radius 3 is 2.20 bits per heavy atom. The van der Waals surface area contributed by atoms with Crippen molar-refractivity contribution >= 4 is 11.9 Å². The van der Waals surface area contributed by atoms with Crippen LogP contribution < -0.4 is 23.5 Å². The van der Waals surface area contributed by atoms with Gasteiger partial charge in [0.25, 0.3) is 0 Å². The third-order valence-electron chi connectivity index (χ3n) is 4.12. The van der Waals surface area contributed by atoms with Crippen molar-refractivity contribution in [2.75, 3.05) is 6.54 Å². The van der Waals surface area contributed by atoms with Crippen molar-refractivity contribution in [2.24, 2.45) is 5.92 Å². The van der Waals surface area contributed by atoms with Gasteiger partial charge in [-0.1, -0.05) is 38.1 Å². The molecule has 0 saturated heterocycles. The highest BCUT2D eigenvalue weighted by atomic mass is 35.5. The van der Waals surface area contributed by atoms with Crippen LogP contribution >= 0.6 is 0 Å². The van der Waals surface area contributed by atoms with Crippen LogP contribution in [0.25, 0.3) is 0 Å². The predicted molar refractivity (Wildman–Crippen MR) is 94.6 cm³/mol. The number of hydrogen-bond acceptors (Lipinski definition) is 2. The minimum absolute atomic E-state index is 0. The number of quaternary nitrogens is 1. The van der Waals surface area contributed by atoms with E-state index in [0.29, 0.717) is 12.3 Å². The average Bonchev–Trinajstić information content (AvgIpc) is 2.53. The number of carboxylic acids is 1. The maximum Gasteiger partial charge on any atom is 0.326 e. The standard InChI is InChI=1S/C19H30N2O3.ClH/c1-13(2)12-15-7-9-16(10-8-15)14(3)18(22)21-17(19(23)24)6-4-5-11-20;/h7-10,13-14,17H,4-6,11-12,20H2,1-3H3,(H,21,22)(H,23,24);1H/t14-,17?;/m1./s1. The average molecular weight is 371 g/mol. The fourth-order valence-corrected chi connectivity index (χ4v) is 2.64. The first-order chi connectivity index (χ1) is 11.3. The lowest BCUT2D eigenvalue weighted by Crippen LogP contribution is -3.00. The first kappa shape index (κ1) is 23.4. The number of carbonyl (C=O) groups excluding carboxylic acids is 1. The molecule has 0 spiro atoms. The summed E-state index contributed by atoms with van der Waals surface area (Å²) in [6.45, 7) is 6.93. The van der Waals surface area contributed by atoms with Crippen LogP contribution in [0.4, 0.5) is 0 Å². The molecule has 0 aliphatic rings. The third kappa shape index (κ3) is 8.36. The fraction of sp³-hybridized carbons (Fsp3) is 0.579. The molecule has 25 heavy (non-hydrogen) atoms. The number of amides is 1. The second-order valence-corrected chi connectivity index (χ2v) is 6.81. The molecule has 0 heterocycles. The molecular formula is C19H31ClN2O3. The van der Waals surface area contributed by atoms with Gasteiger partial charge in [-0.15, -0.1) is 0 Å². The van der Waals surface area contributed by atoms with Gasteiger partial charge in [0.2, 0.25) is 5.91 Å². The van der Waals surface area contributed by atoms with E-state index in [1.807, 2.05) is 31.2 Å². The fourth-order valence-electron chi connectivity index (χ4n) is 2.64. The van der Waals surface area contributed by atoms with Gasteiger partial charge >= 0.3 is 5.97 Å². The Kier molecular flexibility index (Phi) is 11.1. The highest BCUT2D eigenvalue weighted by Crippen LogP contribution is 2.18. The van der Waals surface area contributed by atoms with Crippen LogP contribution in [0.15, 0.2) is 24.3 Å². The van der Waals surface area contributed by atoms with E-state index < -0.39 is 12.0 Å². The van der Waals surface area contributed by atoms with E-state index >= 15 is 0 Å². The Morgan fingerprint density at radius 1 is 1.12 bits per heavy atom. The highest BCUT2D eigenvalue weighted by Gasteiger charge is 2.23. The highest BCUT2D eigenvalue weighted by molar-refractivity contribution is 5.87. The Bertz CT molecular complexity index is 532. The molecule has 0 aromatic heterocycles. The lowest BCUT2D eigenvalue weighted by atomic mass is 9.96. The van der Waals surface area contributed by atoms with Gasteiger partial charge in [-0.05, 0) is 49.7 Å². The molecule has 0 aliphatic heterocycles. The molecule has 1 aromatic rings. The van der Waals surface area contributed by atoms with Crippen LogP contribution in [0.1, 0.15) is 57.1 Å². The maximum atomic E-state index is 12.4. The summed E-state index contributed by atoms with van der Waals surface area (Å²) in [6, 6.07) is 7.18. The summed E-state index contributed by atoms with van der Waals surface area (Å²) >= 11 is 0. The summed E-state index contributed by atoms with van der Waals surface area (Å²) < 4.78 is 0. The van der Waals surface area contributed by atoms with Gasteiger partial charge in [-0.3, -0.25) is 4.79 Å². The van der Waals surface area contributed by atoms with Crippen molar-refractivity contribution in [1.82, 2.24) is 5.32 Å². The molecule has 6 heteroatoms. The zero-order valence-electron chi connectivity index (χ0n) is 15.4. The van der Waals surface area contributed by atoms with E-state index in [1.165, 1.54) is 5.56 Å². The molecular weight excluding hydrogens is 340 g/mol. The molecule has 1 unspecified atom stereocenters. The monoisotopic (exact) mass is 370 g/mol. The number of unbranched alkanes of at least 4 members (excludes halogenated alkanes) is 1. The third-order valence-corrected chi connectivity index (χ3v) is 4.12. The van der Waals surface area contributed by atoms with E-state index in [9.17, 15) is 14.7 Å². The topological polar surface area (TPSA) is 94.0 Å². The number of aliphatic carboxylic acids is 1. The molecule has 1 amide bonds. The summed E-state index contributed by atoms with van der Waals surface area (Å²) in [5.41, 5.74) is 5.90. The van der Waals surface area contributed by atoms with Crippen LogP contribution in [0.5, 0.6) is 0 Å². The van der Waals surface area contributed by atoms with E-state index in [0.717, 1.165) is 31.4 Å². The number of nitrogens with one attached hydrogen (secondary N) is 1. The zero-order chi connectivity index (χ0) is 18.1. The lowest BCUT2D eigenvalue weighted by Gasteiger charge is -2.18. The van der Waals surface area contributed by atoms with Gasteiger partial charge in [-0.25, -0.2) is 4.79 Å². The number of hydrogen-bond donors (Lipinski definition) is 3. The van der Waals surface area contributed by atoms with Crippen molar-refractivity contribution in [3.05, 3.63) is 35.4 Å². The molecule has 0 saturated carbocycles. The molecule has 0 aliphatic carbocycles. The van der Waals surface area contributed by atoms with E-state index in [-0.39, 0.29) is 24.2 Å². The molecule has 142 valence electrons. The molecule has 5 N–H and O–H groups in total. The van der Waals surface area contributed by atoms with Crippen LogP contribution in [0, 0.1) is 5.92 Å². The van der Waals surface area contributed by atoms with Crippen molar-refractivity contribution in [3.8, 4) is 0 Å². The Labute approximate surface area is 156 Å². The van der Waals surface area contributed by atoms with Crippen molar-refractivity contribution in [1.29, 1.82) is 0 Å².